The van der Waals surface area contributed by atoms with Crippen molar-refractivity contribution >= 4 is 75.4 Å². The Balaban J connectivity index is 1.08. The fraction of sp³-hybridized carbons (Fsp3) is 0. The maximum atomic E-state index is 6.47. The first-order valence-electron chi connectivity index (χ1n) is 18.8. The van der Waals surface area contributed by atoms with Crippen LogP contribution in [0.25, 0.3) is 115 Å². The minimum Gasteiger partial charge on any atom is -0.452 e. The molecule has 0 amide bonds. The highest BCUT2D eigenvalue weighted by Crippen LogP contribution is 2.43. The summed E-state index contributed by atoms with van der Waals surface area (Å²) >= 11 is 1.75. The zero-order valence-corrected chi connectivity index (χ0v) is 31.0. The average molecular weight is 749 g/mol. The van der Waals surface area contributed by atoms with Crippen LogP contribution >= 0.6 is 11.3 Å². The topological polar surface area (TPSA) is 82.5 Å². The van der Waals surface area contributed by atoms with Crippen molar-refractivity contribution in [2.75, 3.05) is 0 Å². The van der Waals surface area contributed by atoms with Gasteiger partial charge in [-0.1, -0.05) is 133 Å². The van der Waals surface area contributed by atoms with Crippen LogP contribution in [0.5, 0.6) is 0 Å². The lowest BCUT2D eigenvalue weighted by molar-refractivity contribution is 0.667. The SMILES string of the molecule is c1ccc(-c2nc(-c3cccc4sc5cc(-c6nc(-c7ccccc7)nc7c6oc6ccccc67)ccc5c34)nc(-n3c4ccccc4c4ccccc43)n2)cc1. The largest absolute Gasteiger partial charge is 0.452 e. The van der Waals surface area contributed by atoms with E-state index in [1.807, 2.05) is 78.9 Å². The van der Waals surface area contributed by atoms with E-state index in [9.17, 15) is 0 Å². The van der Waals surface area contributed by atoms with Crippen LogP contribution in [0.3, 0.4) is 0 Å². The van der Waals surface area contributed by atoms with Gasteiger partial charge in [0.05, 0.1) is 11.0 Å². The highest BCUT2D eigenvalue weighted by molar-refractivity contribution is 7.26. The second-order valence-corrected chi connectivity index (χ2v) is 15.1. The molecule has 0 aliphatic heterocycles. The zero-order valence-electron chi connectivity index (χ0n) is 30.2. The van der Waals surface area contributed by atoms with E-state index in [1.165, 1.54) is 0 Å². The number of hydrogen-bond acceptors (Lipinski definition) is 7. The summed E-state index contributed by atoms with van der Waals surface area (Å²) in [7, 11) is 0. The number of furan rings is 1. The van der Waals surface area contributed by atoms with E-state index in [-0.39, 0.29) is 0 Å². The van der Waals surface area contributed by atoms with Gasteiger partial charge in [-0.2, -0.15) is 9.97 Å². The second kappa shape index (κ2) is 12.5. The Labute approximate surface area is 329 Å². The Hall–Kier alpha value is -7.55. The van der Waals surface area contributed by atoms with E-state index in [0.29, 0.717) is 29.0 Å². The average Bonchev–Trinajstić information content (AvgIpc) is 3.96. The molecule has 0 N–H and O–H groups in total. The van der Waals surface area contributed by atoms with Crippen molar-refractivity contribution in [1.29, 1.82) is 0 Å². The van der Waals surface area contributed by atoms with Crippen molar-refractivity contribution in [3.05, 3.63) is 170 Å². The molecule has 0 radical (unpaired) electrons. The van der Waals surface area contributed by atoms with Crippen molar-refractivity contribution in [2.24, 2.45) is 0 Å². The fourth-order valence-electron chi connectivity index (χ4n) is 8.10. The second-order valence-electron chi connectivity index (χ2n) is 14.0. The molecule has 0 saturated carbocycles. The number of hydrogen-bond donors (Lipinski definition) is 0. The van der Waals surface area contributed by atoms with Crippen LogP contribution in [-0.4, -0.2) is 29.5 Å². The number of thiophene rings is 1. The van der Waals surface area contributed by atoms with Crippen LogP contribution < -0.4 is 0 Å². The highest BCUT2D eigenvalue weighted by atomic mass is 32.1. The molecule has 0 saturated heterocycles. The molecule has 57 heavy (non-hydrogen) atoms. The maximum absolute atomic E-state index is 6.47. The molecule has 5 heterocycles. The fourth-order valence-corrected chi connectivity index (χ4v) is 9.27. The lowest BCUT2D eigenvalue weighted by atomic mass is 10.0. The molecular formula is C49H28N6OS. The van der Waals surface area contributed by atoms with Crippen LogP contribution in [0.4, 0.5) is 0 Å². The standard InChI is InChI=1S/C49H28N6OS/c1-3-14-29(15-4-1)46-50-43(45-44(51-46)34-20-9-12-24-39(34)56-45)31-26-27-35-41(28-31)57-40-25-13-21-36(42(35)40)48-52-47(30-16-5-2-6-17-30)53-49(54-48)55-37-22-10-7-18-32(37)33-19-8-11-23-38(33)55/h1-28H. The van der Waals surface area contributed by atoms with Gasteiger partial charge in [-0.25, -0.2) is 15.0 Å². The van der Waals surface area contributed by atoms with Crippen molar-refractivity contribution in [3.63, 3.8) is 0 Å². The van der Waals surface area contributed by atoms with Crippen molar-refractivity contribution in [2.45, 2.75) is 0 Å². The smallest absolute Gasteiger partial charge is 0.238 e. The Bertz CT molecular complexity index is 3480. The summed E-state index contributed by atoms with van der Waals surface area (Å²) < 4.78 is 10.9. The Morgan fingerprint density at radius 1 is 0.439 bits per heavy atom. The van der Waals surface area contributed by atoms with Crippen LogP contribution in [-0.2, 0) is 0 Å². The molecule has 0 unspecified atom stereocenters. The molecule has 8 heteroatoms. The van der Waals surface area contributed by atoms with Gasteiger partial charge >= 0.3 is 0 Å². The van der Waals surface area contributed by atoms with Gasteiger partial charge in [0.15, 0.2) is 23.1 Å². The van der Waals surface area contributed by atoms with Crippen LogP contribution in [0.2, 0.25) is 0 Å². The Morgan fingerprint density at radius 3 is 1.81 bits per heavy atom. The number of para-hydroxylation sites is 3. The molecule has 266 valence electrons. The quantitative estimate of drug-likeness (QED) is 0.174. The maximum Gasteiger partial charge on any atom is 0.238 e. The molecule has 0 fully saturated rings. The molecule has 5 aromatic heterocycles. The molecule has 7 nitrogen and oxygen atoms in total. The third kappa shape index (κ3) is 5.01. The first kappa shape index (κ1) is 31.8. The summed E-state index contributed by atoms with van der Waals surface area (Å²) in [6.07, 6.45) is 0. The summed E-state index contributed by atoms with van der Waals surface area (Å²) in [6, 6.07) is 58.1. The Morgan fingerprint density at radius 2 is 1.07 bits per heavy atom. The van der Waals surface area contributed by atoms with Gasteiger partial charge in [0.2, 0.25) is 5.95 Å². The first-order chi connectivity index (χ1) is 28.2. The molecule has 12 aromatic rings. The summed E-state index contributed by atoms with van der Waals surface area (Å²) in [6.45, 7) is 0. The molecule has 7 aromatic carbocycles. The number of benzene rings is 7. The van der Waals surface area contributed by atoms with Crippen LogP contribution in [0.1, 0.15) is 0 Å². The van der Waals surface area contributed by atoms with Crippen molar-refractivity contribution in [1.82, 2.24) is 29.5 Å². The van der Waals surface area contributed by atoms with E-state index in [1.54, 1.807) is 11.3 Å². The van der Waals surface area contributed by atoms with Gasteiger partial charge in [-0.3, -0.25) is 4.57 Å². The summed E-state index contributed by atoms with van der Waals surface area (Å²) in [4.78, 5) is 25.8. The summed E-state index contributed by atoms with van der Waals surface area (Å²) in [5, 5.41) is 5.49. The highest BCUT2D eigenvalue weighted by Gasteiger charge is 2.22. The number of nitrogens with zero attached hydrogens (tertiary/aromatic N) is 6. The van der Waals surface area contributed by atoms with Gasteiger partial charge in [-0.15, -0.1) is 11.3 Å². The molecule has 0 spiro atoms. The molecular weight excluding hydrogens is 721 g/mol. The Kier molecular flexibility index (Phi) is 6.96. The minimum atomic E-state index is 0.572. The summed E-state index contributed by atoms with van der Waals surface area (Å²) in [5.41, 5.74) is 8.88. The monoisotopic (exact) mass is 748 g/mol. The van der Waals surface area contributed by atoms with Gasteiger partial charge in [0, 0.05) is 58.6 Å². The van der Waals surface area contributed by atoms with Gasteiger partial charge < -0.3 is 4.42 Å². The van der Waals surface area contributed by atoms with Crippen LogP contribution in [0.15, 0.2) is 174 Å². The minimum absolute atomic E-state index is 0.572. The first-order valence-corrected chi connectivity index (χ1v) is 19.6. The molecule has 0 atom stereocenters. The van der Waals surface area contributed by atoms with Crippen LogP contribution in [0, 0.1) is 0 Å². The predicted octanol–water partition coefficient (Wildman–Crippen LogP) is 12.7. The lowest BCUT2D eigenvalue weighted by Gasteiger charge is -2.11. The van der Waals surface area contributed by atoms with Crippen molar-refractivity contribution in [3.8, 4) is 51.4 Å². The normalized spacial score (nSPS) is 11.9. The summed E-state index contributed by atoms with van der Waals surface area (Å²) in [5.74, 6) is 2.46. The number of rotatable bonds is 5. The van der Waals surface area contributed by atoms with E-state index in [4.69, 9.17) is 29.3 Å². The zero-order chi connectivity index (χ0) is 37.5. The van der Waals surface area contributed by atoms with Gasteiger partial charge in [-0.05, 0) is 36.4 Å². The van der Waals surface area contributed by atoms with E-state index < -0.39 is 0 Å². The number of fused-ring (bicyclic) bond motifs is 9. The van der Waals surface area contributed by atoms with Gasteiger partial charge in [0.1, 0.15) is 16.8 Å². The molecule has 0 aliphatic rings. The molecule has 12 rings (SSSR count). The molecule has 0 bridgehead atoms. The predicted molar refractivity (Wildman–Crippen MR) is 232 cm³/mol. The van der Waals surface area contributed by atoms with Gasteiger partial charge in [0.25, 0.3) is 0 Å². The van der Waals surface area contributed by atoms with E-state index in [0.717, 1.165) is 86.4 Å². The van der Waals surface area contributed by atoms with E-state index in [2.05, 4.69) is 95.6 Å². The van der Waals surface area contributed by atoms with Crippen molar-refractivity contribution < 1.29 is 4.42 Å². The lowest BCUT2D eigenvalue weighted by Crippen LogP contribution is -2.06. The third-order valence-electron chi connectivity index (χ3n) is 10.7. The van der Waals surface area contributed by atoms with E-state index >= 15 is 0 Å². The third-order valence-corrected chi connectivity index (χ3v) is 11.8. The molecule has 0 aliphatic carbocycles. The number of aromatic nitrogens is 6.